The highest BCUT2D eigenvalue weighted by molar-refractivity contribution is 6.01. The number of carbonyl (C=O) groups is 2. The number of anilines is 2. The first kappa shape index (κ1) is 23.4. The first-order valence-electron chi connectivity index (χ1n) is 11.3. The highest BCUT2D eigenvalue weighted by Crippen LogP contribution is 2.26. The van der Waals surface area contributed by atoms with Crippen molar-refractivity contribution in [2.75, 3.05) is 30.3 Å². The molecular weight excluding hydrogens is 430 g/mol. The average Bonchev–Trinajstić information content (AvgIpc) is 2.82. The molecule has 3 aromatic rings. The van der Waals surface area contributed by atoms with Gasteiger partial charge in [-0.3, -0.25) is 14.5 Å². The van der Waals surface area contributed by atoms with Gasteiger partial charge in [0.1, 0.15) is 18.8 Å². The monoisotopic (exact) mass is 459 g/mol. The van der Waals surface area contributed by atoms with E-state index in [2.05, 4.69) is 39.7 Å². The molecular formula is C26H29N5O3. The molecule has 2 aromatic carbocycles. The van der Waals surface area contributed by atoms with Crippen LogP contribution in [-0.4, -0.2) is 52.0 Å². The van der Waals surface area contributed by atoms with E-state index in [1.807, 2.05) is 55.1 Å². The summed E-state index contributed by atoms with van der Waals surface area (Å²) in [4.78, 5) is 34.9. The number of aromatic nitrogens is 2. The fourth-order valence-electron chi connectivity index (χ4n) is 3.83. The highest BCUT2D eigenvalue weighted by atomic mass is 16.5. The lowest BCUT2D eigenvalue weighted by atomic mass is 10.0. The molecule has 0 saturated carbocycles. The molecule has 8 nitrogen and oxygen atoms in total. The van der Waals surface area contributed by atoms with Crippen LogP contribution in [0.25, 0.3) is 10.9 Å². The lowest BCUT2D eigenvalue weighted by Crippen LogP contribution is -2.54. The van der Waals surface area contributed by atoms with Crippen LogP contribution in [0.3, 0.4) is 0 Å². The summed E-state index contributed by atoms with van der Waals surface area (Å²) in [6.07, 6.45) is 4.77. The Bertz CT molecular complexity index is 1210. The number of ether oxygens (including phenoxy) is 1. The molecule has 1 amide bonds. The van der Waals surface area contributed by atoms with E-state index in [4.69, 9.17) is 4.74 Å². The Kier molecular flexibility index (Phi) is 6.88. The average molecular weight is 460 g/mol. The minimum atomic E-state index is -0.270. The Morgan fingerprint density at radius 3 is 2.79 bits per heavy atom. The molecule has 1 fully saturated rings. The van der Waals surface area contributed by atoms with Gasteiger partial charge in [0.05, 0.1) is 17.6 Å². The van der Waals surface area contributed by atoms with E-state index in [1.165, 1.54) is 12.4 Å². The summed E-state index contributed by atoms with van der Waals surface area (Å²) in [6, 6.07) is 15.7. The van der Waals surface area contributed by atoms with Crippen molar-refractivity contribution < 1.29 is 14.3 Å². The normalized spacial score (nSPS) is 16.9. The second kappa shape index (κ2) is 10.0. The number of hydrogen-bond acceptors (Lipinski definition) is 7. The summed E-state index contributed by atoms with van der Waals surface area (Å²) in [5, 5.41) is 7.16. The van der Waals surface area contributed by atoms with Gasteiger partial charge in [0.25, 0.3) is 0 Å². The minimum Gasteiger partial charge on any atom is -0.463 e. The molecule has 1 aliphatic rings. The van der Waals surface area contributed by atoms with Crippen molar-refractivity contribution in [2.45, 2.75) is 32.4 Å². The molecule has 0 bridgehead atoms. The maximum Gasteiger partial charge on any atom is 0.320 e. The van der Waals surface area contributed by atoms with Crippen LogP contribution in [0.4, 0.5) is 11.5 Å². The lowest BCUT2D eigenvalue weighted by Gasteiger charge is -2.40. The van der Waals surface area contributed by atoms with Crippen molar-refractivity contribution in [3.63, 3.8) is 0 Å². The second-order valence-electron chi connectivity index (χ2n) is 8.98. The zero-order chi connectivity index (χ0) is 24.1. The Hall–Kier alpha value is -3.78. The number of carbonyl (C=O) groups excluding carboxylic acids is 2. The summed E-state index contributed by atoms with van der Waals surface area (Å²) >= 11 is 0. The van der Waals surface area contributed by atoms with Crippen molar-refractivity contribution in [1.29, 1.82) is 0 Å². The number of morpholine rings is 1. The van der Waals surface area contributed by atoms with Crippen molar-refractivity contribution in [3.8, 4) is 0 Å². The number of amides is 1. The van der Waals surface area contributed by atoms with Gasteiger partial charge in [0.2, 0.25) is 5.91 Å². The Labute approximate surface area is 199 Å². The van der Waals surface area contributed by atoms with Gasteiger partial charge >= 0.3 is 5.97 Å². The van der Waals surface area contributed by atoms with Gasteiger partial charge in [-0.25, -0.2) is 9.97 Å². The van der Waals surface area contributed by atoms with Crippen LogP contribution in [0.2, 0.25) is 0 Å². The van der Waals surface area contributed by atoms with Gasteiger partial charge in [-0.2, -0.15) is 0 Å². The van der Waals surface area contributed by atoms with Gasteiger partial charge in [0, 0.05) is 29.7 Å². The molecule has 176 valence electrons. The van der Waals surface area contributed by atoms with Crippen molar-refractivity contribution in [2.24, 2.45) is 0 Å². The van der Waals surface area contributed by atoms with Crippen LogP contribution >= 0.6 is 0 Å². The summed E-state index contributed by atoms with van der Waals surface area (Å²) in [5.41, 5.74) is 2.31. The standard InChI is InChI=1S/C26H29N5O3/c1-18(19-8-5-4-6-9-19)29-25-21-14-20(11-12-22(21)27-17-28-25)30-23(32)10-7-13-31-15-24(33)34-16-26(31,2)3/h4-12,14,17-18H,13,15-16H2,1-3H3,(H,30,32)(H,27,28,29)/b10-7+/t18-/m1/s1. The van der Waals surface area contributed by atoms with Crippen LogP contribution in [0, 0.1) is 0 Å². The van der Waals surface area contributed by atoms with Gasteiger partial charge in [-0.15, -0.1) is 0 Å². The minimum absolute atomic E-state index is 0.0526. The van der Waals surface area contributed by atoms with E-state index in [0.29, 0.717) is 24.7 Å². The number of cyclic esters (lactones) is 1. The first-order valence-corrected chi connectivity index (χ1v) is 11.3. The Morgan fingerprint density at radius 2 is 2.00 bits per heavy atom. The number of esters is 1. The molecule has 0 radical (unpaired) electrons. The maximum absolute atomic E-state index is 12.5. The molecule has 0 unspecified atom stereocenters. The van der Waals surface area contributed by atoms with E-state index < -0.39 is 0 Å². The Balaban J connectivity index is 1.44. The van der Waals surface area contributed by atoms with Crippen molar-refractivity contribution >= 4 is 34.3 Å². The third-order valence-corrected chi connectivity index (χ3v) is 5.91. The molecule has 34 heavy (non-hydrogen) atoms. The number of nitrogens with one attached hydrogen (secondary N) is 2. The van der Waals surface area contributed by atoms with Crippen LogP contribution in [-0.2, 0) is 14.3 Å². The van der Waals surface area contributed by atoms with E-state index in [-0.39, 0.29) is 30.0 Å². The predicted molar refractivity (Wildman–Crippen MR) is 132 cm³/mol. The van der Waals surface area contributed by atoms with Crippen molar-refractivity contribution in [3.05, 3.63) is 72.6 Å². The molecule has 1 aliphatic heterocycles. The molecule has 2 N–H and O–H groups in total. The highest BCUT2D eigenvalue weighted by Gasteiger charge is 2.33. The largest absolute Gasteiger partial charge is 0.463 e. The van der Waals surface area contributed by atoms with Crippen molar-refractivity contribution in [1.82, 2.24) is 14.9 Å². The maximum atomic E-state index is 12.5. The molecule has 8 heteroatoms. The molecule has 1 saturated heterocycles. The summed E-state index contributed by atoms with van der Waals surface area (Å²) in [5.74, 6) is 0.203. The zero-order valence-corrected chi connectivity index (χ0v) is 19.6. The molecule has 4 rings (SSSR count). The molecule has 2 heterocycles. The van der Waals surface area contributed by atoms with Crippen LogP contribution < -0.4 is 10.6 Å². The van der Waals surface area contributed by atoms with Gasteiger partial charge in [-0.1, -0.05) is 36.4 Å². The third-order valence-electron chi connectivity index (χ3n) is 5.91. The number of rotatable bonds is 7. The first-order chi connectivity index (χ1) is 16.3. The fourth-order valence-corrected chi connectivity index (χ4v) is 3.83. The number of hydrogen-bond donors (Lipinski definition) is 2. The van der Waals surface area contributed by atoms with E-state index in [9.17, 15) is 9.59 Å². The smallest absolute Gasteiger partial charge is 0.320 e. The number of benzene rings is 2. The molecule has 1 atom stereocenters. The Morgan fingerprint density at radius 1 is 1.21 bits per heavy atom. The van der Waals surface area contributed by atoms with E-state index in [0.717, 1.165) is 16.5 Å². The van der Waals surface area contributed by atoms with Gasteiger partial charge in [0.15, 0.2) is 0 Å². The molecule has 1 aromatic heterocycles. The summed E-state index contributed by atoms with van der Waals surface area (Å²) in [6.45, 7) is 7.12. The third kappa shape index (κ3) is 5.58. The SMILES string of the molecule is C[C@@H](Nc1ncnc2ccc(NC(=O)/C=C/CN3CC(=O)OCC3(C)C)cc12)c1ccccc1. The van der Waals surface area contributed by atoms with E-state index >= 15 is 0 Å². The predicted octanol–water partition coefficient (Wildman–Crippen LogP) is 3.94. The molecule has 0 aliphatic carbocycles. The lowest BCUT2D eigenvalue weighted by molar-refractivity contribution is -0.159. The fraction of sp³-hybridized carbons (Fsp3) is 0.308. The summed E-state index contributed by atoms with van der Waals surface area (Å²) < 4.78 is 5.12. The van der Waals surface area contributed by atoms with Crippen LogP contribution in [0.15, 0.2) is 67.0 Å². The van der Waals surface area contributed by atoms with E-state index in [1.54, 1.807) is 6.08 Å². The van der Waals surface area contributed by atoms with Crippen LogP contribution in [0.1, 0.15) is 32.4 Å². The van der Waals surface area contributed by atoms with Crippen LogP contribution in [0.5, 0.6) is 0 Å². The second-order valence-corrected chi connectivity index (χ2v) is 8.98. The molecule has 0 spiro atoms. The zero-order valence-electron chi connectivity index (χ0n) is 19.6. The van der Waals surface area contributed by atoms with Gasteiger partial charge < -0.3 is 15.4 Å². The topological polar surface area (TPSA) is 96.5 Å². The summed E-state index contributed by atoms with van der Waals surface area (Å²) in [7, 11) is 0. The quantitative estimate of drug-likeness (QED) is 0.408. The van der Waals surface area contributed by atoms with Gasteiger partial charge in [-0.05, 0) is 44.5 Å². The number of fused-ring (bicyclic) bond motifs is 1. The number of nitrogens with zero attached hydrogens (tertiary/aromatic N) is 3.